The van der Waals surface area contributed by atoms with Gasteiger partial charge in [-0.25, -0.2) is 4.98 Å². The van der Waals surface area contributed by atoms with E-state index >= 15 is 0 Å². The number of nitrogens with one attached hydrogen (secondary N) is 1. The van der Waals surface area contributed by atoms with E-state index in [-0.39, 0.29) is 0 Å². The number of rotatable bonds is 6. The van der Waals surface area contributed by atoms with Gasteiger partial charge in [-0.2, -0.15) is 0 Å². The number of hydrogen-bond donors (Lipinski definition) is 1. The van der Waals surface area contributed by atoms with Crippen molar-refractivity contribution in [3.8, 4) is 5.69 Å². The van der Waals surface area contributed by atoms with E-state index in [0.29, 0.717) is 0 Å². The Morgan fingerprint density at radius 2 is 2.11 bits per heavy atom. The standard InChI is InChI=1S/C16H21N3/c1-3-8-17-12-14(2)11-15-4-6-16(7-5-15)19-10-9-18-13-19/h4-7,9-11,13,17H,3,8,12H2,1-2H3. The average Bonchev–Trinajstić information content (AvgIpc) is 2.94. The van der Waals surface area contributed by atoms with Crippen LogP contribution in [0.5, 0.6) is 0 Å². The molecular formula is C16H21N3. The Morgan fingerprint density at radius 1 is 1.32 bits per heavy atom. The molecule has 0 aliphatic carbocycles. The van der Waals surface area contributed by atoms with Crippen LogP contribution in [0.4, 0.5) is 0 Å². The monoisotopic (exact) mass is 255 g/mol. The third-order valence-electron chi connectivity index (χ3n) is 2.94. The molecule has 1 heterocycles. The lowest BCUT2D eigenvalue weighted by Crippen LogP contribution is -2.16. The Bertz CT molecular complexity index is 509. The van der Waals surface area contributed by atoms with Crippen LogP contribution in [0.1, 0.15) is 25.8 Å². The van der Waals surface area contributed by atoms with Gasteiger partial charge in [-0.1, -0.05) is 30.7 Å². The van der Waals surface area contributed by atoms with Gasteiger partial charge in [0.1, 0.15) is 0 Å². The maximum Gasteiger partial charge on any atom is 0.0991 e. The van der Waals surface area contributed by atoms with Crippen LogP contribution in [-0.4, -0.2) is 22.6 Å². The van der Waals surface area contributed by atoms with E-state index in [1.807, 2.05) is 17.1 Å². The lowest BCUT2D eigenvalue weighted by Gasteiger charge is -2.05. The lowest BCUT2D eigenvalue weighted by molar-refractivity contribution is 0.715. The normalized spacial score (nSPS) is 11.8. The average molecular weight is 255 g/mol. The molecule has 2 aromatic rings. The summed E-state index contributed by atoms with van der Waals surface area (Å²) >= 11 is 0. The van der Waals surface area contributed by atoms with Crippen molar-refractivity contribution in [2.45, 2.75) is 20.3 Å². The molecule has 1 aromatic carbocycles. The van der Waals surface area contributed by atoms with E-state index < -0.39 is 0 Å². The summed E-state index contributed by atoms with van der Waals surface area (Å²) in [5, 5.41) is 3.41. The van der Waals surface area contributed by atoms with Crippen molar-refractivity contribution in [2.75, 3.05) is 13.1 Å². The van der Waals surface area contributed by atoms with E-state index in [0.717, 1.165) is 18.8 Å². The summed E-state index contributed by atoms with van der Waals surface area (Å²) in [4.78, 5) is 4.05. The zero-order chi connectivity index (χ0) is 13.5. The molecule has 2 rings (SSSR count). The van der Waals surface area contributed by atoms with Gasteiger partial charge in [-0.15, -0.1) is 0 Å². The van der Waals surface area contributed by atoms with Crippen molar-refractivity contribution in [3.05, 3.63) is 54.1 Å². The molecule has 0 spiro atoms. The number of nitrogens with zero attached hydrogens (tertiary/aromatic N) is 2. The molecule has 0 radical (unpaired) electrons. The van der Waals surface area contributed by atoms with Crippen molar-refractivity contribution in [3.63, 3.8) is 0 Å². The minimum atomic E-state index is 0.955. The third kappa shape index (κ3) is 4.07. The van der Waals surface area contributed by atoms with Crippen LogP contribution in [0.15, 0.2) is 48.6 Å². The molecule has 0 aliphatic rings. The molecular weight excluding hydrogens is 234 g/mol. The first-order valence-electron chi connectivity index (χ1n) is 6.76. The third-order valence-corrected chi connectivity index (χ3v) is 2.94. The summed E-state index contributed by atoms with van der Waals surface area (Å²) in [5.41, 5.74) is 3.72. The Balaban J connectivity index is 2.00. The minimum absolute atomic E-state index is 0.955. The number of hydrogen-bond acceptors (Lipinski definition) is 2. The van der Waals surface area contributed by atoms with E-state index in [9.17, 15) is 0 Å². The molecule has 0 amide bonds. The maximum absolute atomic E-state index is 4.05. The molecule has 100 valence electrons. The highest BCUT2D eigenvalue weighted by molar-refractivity contribution is 5.54. The Morgan fingerprint density at radius 3 is 2.74 bits per heavy atom. The summed E-state index contributed by atoms with van der Waals surface area (Å²) in [7, 11) is 0. The van der Waals surface area contributed by atoms with Crippen LogP contribution in [0, 0.1) is 0 Å². The molecule has 1 aromatic heterocycles. The SMILES string of the molecule is CCCNCC(C)=Cc1ccc(-n2ccnc2)cc1. The molecule has 0 fully saturated rings. The van der Waals surface area contributed by atoms with Crippen LogP contribution >= 0.6 is 0 Å². The van der Waals surface area contributed by atoms with Crippen molar-refractivity contribution in [2.24, 2.45) is 0 Å². The zero-order valence-electron chi connectivity index (χ0n) is 11.6. The summed E-state index contributed by atoms with van der Waals surface area (Å²) in [5.74, 6) is 0. The van der Waals surface area contributed by atoms with Crippen LogP contribution < -0.4 is 5.32 Å². The molecule has 19 heavy (non-hydrogen) atoms. The highest BCUT2D eigenvalue weighted by Gasteiger charge is 1.96. The quantitative estimate of drug-likeness (QED) is 0.803. The molecule has 0 unspecified atom stereocenters. The van der Waals surface area contributed by atoms with Crippen molar-refractivity contribution in [1.29, 1.82) is 0 Å². The predicted octanol–water partition coefficient (Wildman–Crippen LogP) is 3.28. The second-order valence-corrected chi connectivity index (χ2v) is 4.73. The Hall–Kier alpha value is -1.87. The smallest absolute Gasteiger partial charge is 0.0991 e. The highest BCUT2D eigenvalue weighted by atomic mass is 15.0. The summed E-state index contributed by atoms with van der Waals surface area (Å²) < 4.78 is 2.00. The number of benzene rings is 1. The van der Waals surface area contributed by atoms with Gasteiger partial charge in [0, 0.05) is 24.6 Å². The Labute approximate surface area is 115 Å². The molecule has 3 nitrogen and oxygen atoms in total. The van der Waals surface area contributed by atoms with E-state index in [1.54, 1.807) is 6.20 Å². The van der Waals surface area contributed by atoms with Crippen molar-refractivity contribution < 1.29 is 0 Å². The fraction of sp³-hybridized carbons (Fsp3) is 0.312. The van der Waals surface area contributed by atoms with Gasteiger partial charge in [0.05, 0.1) is 6.33 Å². The molecule has 0 bridgehead atoms. The molecule has 0 atom stereocenters. The van der Waals surface area contributed by atoms with Gasteiger partial charge < -0.3 is 9.88 Å². The Kier molecular flexibility index (Phi) is 4.93. The molecule has 1 N–H and O–H groups in total. The summed E-state index contributed by atoms with van der Waals surface area (Å²) in [6, 6.07) is 8.50. The molecule has 0 saturated heterocycles. The molecule has 0 aliphatic heterocycles. The fourth-order valence-electron chi connectivity index (χ4n) is 1.95. The van der Waals surface area contributed by atoms with Gasteiger partial charge in [0.25, 0.3) is 0 Å². The number of imidazole rings is 1. The predicted molar refractivity (Wildman–Crippen MR) is 80.4 cm³/mol. The second-order valence-electron chi connectivity index (χ2n) is 4.73. The van der Waals surface area contributed by atoms with E-state index in [1.165, 1.54) is 17.6 Å². The van der Waals surface area contributed by atoms with Crippen LogP contribution in [0.3, 0.4) is 0 Å². The first-order valence-corrected chi connectivity index (χ1v) is 6.76. The second kappa shape index (κ2) is 6.90. The zero-order valence-corrected chi connectivity index (χ0v) is 11.6. The largest absolute Gasteiger partial charge is 0.313 e. The summed E-state index contributed by atoms with van der Waals surface area (Å²) in [6.07, 6.45) is 8.94. The molecule has 3 heteroatoms. The minimum Gasteiger partial charge on any atom is -0.313 e. The first kappa shape index (κ1) is 13.6. The van der Waals surface area contributed by atoms with Gasteiger partial charge in [0.2, 0.25) is 0 Å². The van der Waals surface area contributed by atoms with Crippen LogP contribution in [0.2, 0.25) is 0 Å². The van der Waals surface area contributed by atoms with Crippen molar-refractivity contribution >= 4 is 6.08 Å². The molecule has 0 saturated carbocycles. The fourth-order valence-corrected chi connectivity index (χ4v) is 1.95. The van der Waals surface area contributed by atoms with Gasteiger partial charge >= 0.3 is 0 Å². The van der Waals surface area contributed by atoms with Crippen molar-refractivity contribution in [1.82, 2.24) is 14.9 Å². The maximum atomic E-state index is 4.05. The van der Waals surface area contributed by atoms with Crippen LogP contribution in [0.25, 0.3) is 11.8 Å². The number of aromatic nitrogens is 2. The van der Waals surface area contributed by atoms with Gasteiger partial charge in [0.15, 0.2) is 0 Å². The van der Waals surface area contributed by atoms with Gasteiger partial charge in [-0.05, 0) is 37.6 Å². The topological polar surface area (TPSA) is 29.9 Å². The van der Waals surface area contributed by atoms with Crippen LogP contribution in [-0.2, 0) is 0 Å². The summed E-state index contributed by atoms with van der Waals surface area (Å²) in [6.45, 7) is 6.37. The van der Waals surface area contributed by atoms with E-state index in [2.05, 4.69) is 54.5 Å². The van der Waals surface area contributed by atoms with Gasteiger partial charge in [-0.3, -0.25) is 0 Å². The first-order chi connectivity index (χ1) is 9.29. The lowest BCUT2D eigenvalue weighted by atomic mass is 10.1. The highest BCUT2D eigenvalue weighted by Crippen LogP contribution is 2.11. The van der Waals surface area contributed by atoms with E-state index in [4.69, 9.17) is 0 Å².